The van der Waals surface area contributed by atoms with E-state index in [-0.39, 0.29) is 6.54 Å². The van der Waals surface area contributed by atoms with Gasteiger partial charge in [0.1, 0.15) is 0 Å². The molecule has 0 aliphatic rings. The molecule has 0 saturated carbocycles. The highest BCUT2D eigenvalue weighted by Gasteiger charge is 2.36. The van der Waals surface area contributed by atoms with Crippen LogP contribution in [0.3, 0.4) is 0 Å². The minimum atomic E-state index is -1.66. The van der Waals surface area contributed by atoms with E-state index in [0.29, 0.717) is 5.56 Å². The number of primary amides is 1. The van der Waals surface area contributed by atoms with Crippen molar-refractivity contribution in [1.29, 1.82) is 0 Å². The van der Waals surface area contributed by atoms with Gasteiger partial charge in [-0.05, 0) is 37.6 Å². The van der Waals surface area contributed by atoms with E-state index in [1.54, 1.807) is 24.3 Å². The van der Waals surface area contributed by atoms with Crippen molar-refractivity contribution in [1.82, 2.24) is 4.90 Å². The number of benzene rings is 2. The summed E-state index contributed by atoms with van der Waals surface area (Å²) in [7, 11) is 1.89. The molecule has 0 aliphatic heterocycles. The number of hydrogen-bond donors (Lipinski definition) is 2. The summed E-state index contributed by atoms with van der Waals surface area (Å²) in [5.74, 6) is -0.724. The highest BCUT2D eigenvalue weighted by molar-refractivity contribution is 5.85. The molecule has 0 saturated heterocycles. The van der Waals surface area contributed by atoms with Crippen LogP contribution in [0.4, 0.5) is 0 Å². The maximum absolute atomic E-state index is 11.8. The minimum Gasteiger partial charge on any atom is -0.374 e. The molecule has 0 unspecified atom stereocenters. The summed E-state index contributed by atoms with van der Waals surface area (Å²) in [4.78, 5) is 13.7. The van der Waals surface area contributed by atoms with Crippen molar-refractivity contribution < 1.29 is 9.90 Å². The third-order valence-corrected chi connectivity index (χ3v) is 4.01. The minimum absolute atomic E-state index is 0.182. The molecule has 0 fully saturated rings. The van der Waals surface area contributed by atoms with Gasteiger partial charge < -0.3 is 15.7 Å². The number of hydrogen-bond acceptors (Lipinski definition) is 3. The molecule has 122 valence electrons. The Labute approximate surface area is 137 Å². The van der Waals surface area contributed by atoms with Gasteiger partial charge in [0.2, 0.25) is 0 Å². The number of carbonyl (C=O) groups is 1. The molecular formula is C19H24N2O2. The quantitative estimate of drug-likeness (QED) is 0.782. The second-order valence-corrected chi connectivity index (χ2v) is 5.92. The highest BCUT2D eigenvalue weighted by atomic mass is 16.3. The van der Waals surface area contributed by atoms with Crippen LogP contribution < -0.4 is 5.73 Å². The lowest BCUT2D eigenvalue weighted by atomic mass is 9.92. The molecular weight excluding hydrogens is 288 g/mol. The Morgan fingerprint density at radius 1 is 1.09 bits per heavy atom. The van der Waals surface area contributed by atoms with E-state index in [1.165, 1.54) is 5.56 Å². The van der Waals surface area contributed by atoms with Crippen LogP contribution in [0.15, 0.2) is 60.7 Å². The summed E-state index contributed by atoms with van der Waals surface area (Å²) in [5.41, 5.74) is 5.61. The lowest BCUT2D eigenvalue weighted by Gasteiger charge is -2.30. The number of nitrogens with zero attached hydrogens (tertiary/aromatic N) is 1. The van der Waals surface area contributed by atoms with Crippen LogP contribution in [0, 0.1) is 0 Å². The SMILES string of the molecule is CN(CCCc1ccccc1)C[C@](O)(C(N)=O)c1ccccc1. The predicted molar refractivity (Wildman–Crippen MR) is 91.8 cm³/mol. The van der Waals surface area contributed by atoms with Crippen LogP contribution in [0.1, 0.15) is 17.5 Å². The van der Waals surface area contributed by atoms with E-state index in [2.05, 4.69) is 12.1 Å². The number of nitrogens with two attached hydrogens (primary N) is 1. The van der Waals surface area contributed by atoms with Gasteiger partial charge in [0.05, 0.1) is 0 Å². The summed E-state index contributed by atoms with van der Waals surface area (Å²) in [6, 6.07) is 19.1. The van der Waals surface area contributed by atoms with Crippen LogP contribution in [-0.2, 0) is 16.8 Å². The first-order valence-electron chi connectivity index (χ1n) is 7.82. The Kier molecular flexibility index (Phi) is 5.90. The monoisotopic (exact) mass is 312 g/mol. The molecule has 0 spiro atoms. The van der Waals surface area contributed by atoms with Gasteiger partial charge in [-0.15, -0.1) is 0 Å². The summed E-state index contributed by atoms with van der Waals surface area (Å²) < 4.78 is 0. The largest absolute Gasteiger partial charge is 0.374 e. The summed E-state index contributed by atoms with van der Waals surface area (Å²) >= 11 is 0. The van der Waals surface area contributed by atoms with Gasteiger partial charge in [-0.1, -0.05) is 60.7 Å². The van der Waals surface area contributed by atoms with Crippen molar-refractivity contribution >= 4 is 5.91 Å². The normalized spacial score (nSPS) is 13.7. The van der Waals surface area contributed by atoms with Gasteiger partial charge in [-0.25, -0.2) is 0 Å². The van der Waals surface area contributed by atoms with Crippen molar-refractivity contribution in [2.75, 3.05) is 20.1 Å². The van der Waals surface area contributed by atoms with Gasteiger partial charge in [0.25, 0.3) is 5.91 Å². The van der Waals surface area contributed by atoms with Crippen LogP contribution in [0.2, 0.25) is 0 Å². The zero-order chi connectivity index (χ0) is 16.7. The summed E-state index contributed by atoms with van der Waals surface area (Å²) in [5, 5.41) is 10.7. The second-order valence-electron chi connectivity index (χ2n) is 5.92. The molecule has 0 aromatic heterocycles. The van der Waals surface area contributed by atoms with Crippen LogP contribution in [-0.4, -0.2) is 36.1 Å². The molecule has 4 nitrogen and oxygen atoms in total. The molecule has 2 aromatic rings. The molecule has 4 heteroatoms. The third kappa shape index (κ3) is 4.65. The van der Waals surface area contributed by atoms with E-state index in [1.807, 2.05) is 36.2 Å². The van der Waals surface area contributed by atoms with E-state index in [0.717, 1.165) is 19.4 Å². The maximum Gasteiger partial charge on any atom is 0.255 e. The van der Waals surface area contributed by atoms with Crippen molar-refractivity contribution in [2.45, 2.75) is 18.4 Å². The molecule has 1 atom stereocenters. The second kappa shape index (κ2) is 7.90. The highest BCUT2D eigenvalue weighted by Crippen LogP contribution is 2.22. The van der Waals surface area contributed by atoms with E-state index >= 15 is 0 Å². The van der Waals surface area contributed by atoms with Gasteiger partial charge in [-0.2, -0.15) is 0 Å². The molecule has 0 bridgehead atoms. The zero-order valence-corrected chi connectivity index (χ0v) is 13.5. The smallest absolute Gasteiger partial charge is 0.255 e. The maximum atomic E-state index is 11.8. The first-order chi connectivity index (χ1) is 11.0. The van der Waals surface area contributed by atoms with Gasteiger partial charge in [0.15, 0.2) is 5.60 Å². The number of carbonyl (C=O) groups excluding carboxylic acids is 1. The zero-order valence-electron chi connectivity index (χ0n) is 13.5. The Balaban J connectivity index is 1.93. The molecule has 2 rings (SSSR count). The molecule has 0 radical (unpaired) electrons. The number of rotatable bonds is 8. The number of aryl methyl sites for hydroxylation is 1. The number of aliphatic hydroxyl groups is 1. The van der Waals surface area contributed by atoms with Gasteiger partial charge in [0, 0.05) is 6.54 Å². The Morgan fingerprint density at radius 2 is 1.65 bits per heavy atom. The van der Waals surface area contributed by atoms with Gasteiger partial charge in [-0.3, -0.25) is 4.79 Å². The number of amides is 1. The molecule has 1 amide bonds. The molecule has 3 N–H and O–H groups in total. The van der Waals surface area contributed by atoms with Crippen molar-refractivity contribution in [2.24, 2.45) is 5.73 Å². The van der Waals surface area contributed by atoms with E-state index in [9.17, 15) is 9.90 Å². The molecule has 23 heavy (non-hydrogen) atoms. The van der Waals surface area contributed by atoms with Gasteiger partial charge >= 0.3 is 0 Å². The first kappa shape index (κ1) is 17.2. The summed E-state index contributed by atoms with van der Waals surface area (Å²) in [6.45, 7) is 0.957. The molecule has 2 aromatic carbocycles. The van der Waals surface area contributed by atoms with Crippen molar-refractivity contribution in [3.8, 4) is 0 Å². The summed E-state index contributed by atoms with van der Waals surface area (Å²) in [6.07, 6.45) is 1.91. The Bertz CT molecular complexity index is 616. The lowest BCUT2D eigenvalue weighted by molar-refractivity contribution is -0.139. The first-order valence-corrected chi connectivity index (χ1v) is 7.82. The van der Waals surface area contributed by atoms with Crippen molar-refractivity contribution in [3.05, 3.63) is 71.8 Å². The van der Waals surface area contributed by atoms with Crippen molar-refractivity contribution in [3.63, 3.8) is 0 Å². The molecule has 0 aliphatic carbocycles. The number of likely N-dealkylation sites (N-methyl/N-ethyl adjacent to an activating group) is 1. The average Bonchev–Trinajstić information content (AvgIpc) is 2.56. The standard InChI is InChI=1S/C19H24N2O2/c1-21(14-8-11-16-9-4-2-5-10-16)15-19(23,18(20)22)17-12-6-3-7-13-17/h2-7,9-10,12-13,23H,8,11,14-15H2,1H3,(H2,20,22)/t19-/m1/s1. The van der Waals surface area contributed by atoms with Crippen LogP contribution in [0.25, 0.3) is 0 Å². The average molecular weight is 312 g/mol. The predicted octanol–water partition coefficient (Wildman–Crippen LogP) is 1.92. The Morgan fingerprint density at radius 3 is 2.22 bits per heavy atom. The fourth-order valence-electron chi connectivity index (χ4n) is 2.69. The van der Waals surface area contributed by atoms with E-state index in [4.69, 9.17) is 5.73 Å². The lowest BCUT2D eigenvalue weighted by Crippen LogP contribution is -2.49. The fraction of sp³-hybridized carbons (Fsp3) is 0.316. The fourth-order valence-corrected chi connectivity index (χ4v) is 2.69. The Hall–Kier alpha value is -2.17. The third-order valence-electron chi connectivity index (χ3n) is 4.01. The molecule has 0 heterocycles. The van der Waals surface area contributed by atoms with Crippen LogP contribution in [0.5, 0.6) is 0 Å². The topological polar surface area (TPSA) is 66.6 Å². The van der Waals surface area contributed by atoms with Crippen LogP contribution >= 0.6 is 0 Å². The van der Waals surface area contributed by atoms with E-state index < -0.39 is 11.5 Å².